The summed E-state index contributed by atoms with van der Waals surface area (Å²) in [7, 11) is 4.55. The van der Waals surface area contributed by atoms with Gasteiger partial charge < -0.3 is 15.1 Å². The lowest BCUT2D eigenvalue weighted by molar-refractivity contribution is 0.150. The number of hydrogen-bond acceptors (Lipinski definition) is 3. The smallest absolute Gasteiger partial charge is 0.00644 e. The van der Waals surface area contributed by atoms with Crippen LogP contribution in [0.5, 0.6) is 0 Å². The molecule has 0 spiro atoms. The Hall–Kier alpha value is -0.120. The maximum absolute atomic E-state index is 3.54. The van der Waals surface area contributed by atoms with E-state index in [0.717, 1.165) is 24.4 Å². The van der Waals surface area contributed by atoms with Crippen LogP contribution in [0.1, 0.15) is 46.5 Å². The summed E-state index contributed by atoms with van der Waals surface area (Å²) in [6.07, 6.45) is 5.37. The topological polar surface area (TPSA) is 18.5 Å². The van der Waals surface area contributed by atoms with Gasteiger partial charge in [0.2, 0.25) is 0 Å². The van der Waals surface area contributed by atoms with E-state index in [1.54, 1.807) is 0 Å². The van der Waals surface area contributed by atoms with Gasteiger partial charge in [-0.05, 0) is 84.7 Å². The van der Waals surface area contributed by atoms with Crippen LogP contribution in [-0.4, -0.2) is 62.7 Å². The quantitative estimate of drug-likeness (QED) is 0.656. The van der Waals surface area contributed by atoms with Gasteiger partial charge in [-0.25, -0.2) is 0 Å². The summed E-state index contributed by atoms with van der Waals surface area (Å²) in [6, 6.07) is 0.718. The molecule has 3 heteroatoms. The van der Waals surface area contributed by atoms with Crippen molar-refractivity contribution in [1.82, 2.24) is 15.1 Å². The predicted octanol–water partition coefficient (Wildman–Crippen LogP) is 2.67. The van der Waals surface area contributed by atoms with E-state index in [-0.39, 0.29) is 0 Å². The number of hydrogen-bond donors (Lipinski definition) is 1. The Kier molecular flexibility index (Phi) is 8.74. The summed E-state index contributed by atoms with van der Waals surface area (Å²) < 4.78 is 0. The van der Waals surface area contributed by atoms with E-state index in [1.807, 2.05) is 0 Å². The van der Waals surface area contributed by atoms with Crippen LogP contribution in [0.4, 0.5) is 0 Å². The average molecular weight is 284 g/mol. The number of nitrogens with one attached hydrogen (secondary N) is 1. The summed E-state index contributed by atoms with van der Waals surface area (Å²) in [5.74, 6) is 1.68. The minimum Gasteiger partial charge on any atom is -0.316 e. The van der Waals surface area contributed by atoms with E-state index in [4.69, 9.17) is 0 Å². The molecule has 0 radical (unpaired) electrons. The van der Waals surface area contributed by atoms with Gasteiger partial charge >= 0.3 is 0 Å². The molecule has 0 aromatic carbocycles. The molecule has 1 aliphatic heterocycles. The fourth-order valence-electron chi connectivity index (χ4n) is 2.97. The van der Waals surface area contributed by atoms with Crippen LogP contribution >= 0.6 is 0 Å². The van der Waals surface area contributed by atoms with Gasteiger partial charge in [0.15, 0.2) is 0 Å². The number of nitrogens with zero attached hydrogens (tertiary/aromatic N) is 2. The molecule has 0 saturated carbocycles. The van der Waals surface area contributed by atoms with Gasteiger partial charge in [0.25, 0.3) is 0 Å². The molecule has 20 heavy (non-hydrogen) atoms. The van der Waals surface area contributed by atoms with Gasteiger partial charge in [-0.2, -0.15) is 0 Å². The Morgan fingerprint density at radius 1 is 1.20 bits per heavy atom. The second kappa shape index (κ2) is 9.75. The number of piperidine rings is 1. The molecule has 1 unspecified atom stereocenters. The third-order valence-corrected chi connectivity index (χ3v) is 4.66. The summed E-state index contributed by atoms with van der Waals surface area (Å²) in [4.78, 5) is 5.04. The number of likely N-dealkylation sites (tertiary alicyclic amines) is 1. The first kappa shape index (κ1) is 17.9. The maximum Gasteiger partial charge on any atom is 0.00644 e. The molecule has 1 saturated heterocycles. The van der Waals surface area contributed by atoms with E-state index in [0.29, 0.717) is 0 Å². The summed E-state index contributed by atoms with van der Waals surface area (Å²) >= 11 is 0. The minimum absolute atomic E-state index is 0.718. The van der Waals surface area contributed by atoms with E-state index >= 15 is 0 Å². The molecule has 0 aromatic rings. The molecule has 0 aliphatic carbocycles. The fourth-order valence-corrected chi connectivity index (χ4v) is 2.97. The highest BCUT2D eigenvalue weighted by Gasteiger charge is 2.19. The molecule has 3 nitrogen and oxygen atoms in total. The molecule has 0 amide bonds. The van der Waals surface area contributed by atoms with Crippen molar-refractivity contribution in [3.63, 3.8) is 0 Å². The third kappa shape index (κ3) is 7.61. The van der Waals surface area contributed by atoms with Crippen LogP contribution in [0, 0.1) is 11.8 Å². The zero-order valence-corrected chi connectivity index (χ0v) is 14.5. The average Bonchev–Trinajstić information content (AvgIpc) is 2.40. The van der Waals surface area contributed by atoms with Gasteiger partial charge in [-0.3, -0.25) is 0 Å². The standard InChI is InChI=1S/C17H37N3/c1-15(2)13-18-10-6-7-16(3)20(5)14-17-8-11-19(4)12-9-17/h15-18H,6-14H2,1-5H3. The van der Waals surface area contributed by atoms with Crippen molar-refractivity contribution in [2.45, 2.75) is 52.5 Å². The summed E-state index contributed by atoms with van der Waals surface area (Å²) in [5.41, 5.74) is 0. The van der Waals surface area contributed by atoms with Crippen LogP contribution < -0.4 is 5.32 Å². The second-order valence-electron chi connectivity index (χ2n) is 7.28. The zero-order chi connectivity index (χ0) is 15.0. The first-order valence-corrected chi connectivity index (χ1v) is 8.58. The van der Waals surface area contributed by atoms with E-state index in [1.165, 1.54) is 51.9 Å². The summed E-state index contributed by atoms with van der Waals surface area (Å²) in [6.45, 7) is 13.1. The highest BCUT2D eigenvalue weighted by molar-refractivity contribution is 4.74. The summed E-state index contributed by atoms with van der Waals surface area (Å²) in [5, 5.41) is 3.54. The van der Waals surface area contributed by atoms with Gasteiger partial charge in [-0.1, -0.05) is 13.8 Å². The lowest BCUT2D eigenvalue weighted by Crippen LogP contribution is -2.39. The van der Waals surface area contributed by atoms with E-state index in [2.05, 4.69) is 50.0 Å². The molecule has 0 bridgehead atoms. The Bertz CT molecular complexity index is 234. The van der Waals surface area contributed by atoms with Crippen LogP contribution in [-0.2, 0) is 0 Å². The molecular formula is C17H37N3. The van der Waals surface area contributed by atoms with Crippen molar-refractivity contribution in [2.24, 2.45) is 11.8 Å². The van der Waals surface area contributed by atoms with Gasteiger partial charge in [0.1, 0.15) is 0 Å². The predicted molar refractivity (Wildman–Crippen MR) is 89.3 cm³/mol. The van der Waals surface area contributed by atoms with Crippen LogP contribution in [0.25, 0.3) is 0 Å². The van der Waals surface area contributed by atoms with Crippen LogP contribution in [0.15, 0.2) is 0 Å². The molecule has 1 rings (SSSR count). The molecule has 1 atom stereocenters. The van der Waals surface area contributed by atoms with Crippen molar-refractivity contribution in [2.75, 3.05) is 46.8 Å². The van der Waals surface area contributed by atoms with Crippen molar-refractivity contribution in [3.8, 4) is 0 Å². The van der Waals surface area contributed by atoms with Gasteiger partial charge in [0, 0.05) is 12.6 Å². The first-order chi connectivity index (χ1) is 9.49. The lowest BCUT2D eigenvalue weighted by Gasteiger charge is -2.34. The molecule has 1 N–H and O–H groups in total. The van der Waals surface area contributed by atoms with Crippen molar-refractivity contribution in [1.29, 1.82) is 0 Å². The SMILES string of the molecule is CC(C)CNCCCC(C)N(C)CC1CCN(C)CC1. The van der Waals surface area contributed by atoms with Gasteiger partial charge in [0.05, 0.1) is 0 Å². The Morgan fingerprint density at radius 3 is 2.45 bits per heavy atom. The fraction of sp³-hybridized carbons (Fsp3) is 1.00. The molecule has 1 heterocycles. The zero-order valence-electron chi connectivity index (χ0n) is 14.5. The monoisotopic (exact) mass is 283 g/mol. The minimum atomic E-state index is 0.718. The lowest BCUT2D eigenvalue weighted by atomic mass is 9.96. The van der Waals surface area contributed by atoms with Crippen molar-refractivity contribution in [3.05, 3.63) is 0 Å². The molecule has 120 valence electrons. The molecule has 1 fully saturated rings. The first-order valence-electron chi connectivity index (χ1n) is 8.58. The van der Waals surface area contributed by atoms with E-state index < -0.39 is 0 Å². The second-order valence-corrected chi connectivity index (χ2v) is 7.28. The van der Waals surface area contributed by atoms with Crippen LogP contribution in [0.2, 0.25) is 0 Å². The third-order valence-electron chi connectivity index (χ3n) is 4.66. The number of rotatable bonds is 9. The molecule has 1 aliphatic rings. The van der Waals surface area contributed by atoms with Gasteiger partial charge in [-0.15, -0.1) is 0 Å². The highest BCUT2D eigenvalue weighted by Crippen LogP contribution is 2.18. The Morgan fingerprint density at radius 2 is 1.85 bits per heavy atom. The largest absolute Gasteiger partial charge is 0.316 e. The molecular weight excluding hydrogens is 246 g/mol. The van der Waals surface area contributed by atoms with E-state index in [9.17, 15) is 0 Å². The van der Waals surface area contributed by atoms with Crippen molar-refractivity contribution < 1.29 is 0 Å². The van der Waals surface area contributed by atoms with Crippen molar-refractivity contribution >= 4 is 0 Å². The van der Waals surface area contributed by atoms with Crippen LogP contribution in [0.3, 0.4) is 0 Å². The molecule has 0 aromatic heterocycles. The Labute approximate surface area is 127 Å². The Balaban J connectivity index is 2.08. The highest BCUT2D eigenvalue weighted by atomic mass is 15.1. The maximum atomic E-state index is 3.54. The normalized spacial score (nSPS) is 19.9.